The number of nitrogens with zero attached hydrogens (tertiary/aromatic N) is 4. The number of carbonyl (C=O) groups is 4. The third kappa shape index (κ3) is 4.44. The Hall–Kier alpha value is -4.03. The third-order valence-electron chi connectivity index (χ3n) is 4.27. The first kappa shape index (κ1) is 21.7. The molecule has 0 saturated carbocycles. The molecule has 1 aromatic heterocycles. The molecule has 2 heterocycles. The van der Waals surface area contributed by atoms with E-state index in [2.05, 4.69) is 15.3 Å². The molecule has 0 unspecified atom stereocenters. The van der Waals surface area contributed by atoms with Crippen molar-refractivity contribution in [2.45, 2.75) is 6.18 Å². The van der Waals surface area contributed by atoms with E-state index in [-0.39, 0.29) is 17.3 Å². The molecule has 1 saturated heterocycles. The minimum Gasteiger partial charge on any atom is -0.439 e. The number of hydrogen-bond donors (Lipinski definition) is 1. The third-order valence-corrected chi connectivity index (χ3v) is 4.27. The summed E-state index contributed by atoms with van der Waals surface area (Å²) in [7, 11) is 2.30. The van der Waals surface area contributed by atoms with Gasteiger partial charge in [0, 0.05) is 25.8 Å². The molecule has 5 amide bonds. The van der Waals surface area contributed by atoms with Crippen LogP contribution >= 0.6 is 0 Å². The fourth-order valence-electron chi connectivity index (χ4n) is 2.62. The first-order valence-electron chi connectivity index (χ1n) is 8.56. The zero-order valence-electron chi connectivity index (χ0n) is 16.0. The van der Waals surface area contributed by atoms with Gasteiger partial charge in [-0.2, -0.15) is 13.2 Å². The zero-order chi connectivity index (χ0) is 22.9. The first-order chi connectivity index (χ1) is 14.5. The molecule has 0 aliphatic carbocycles. The van der Waals surface area contributed by atoms with E-state index in [1.807, 2.05) is 0 Å². The highest BCUT2D eigenvalue weighted by molar-refractivity contribution is 6.27. The molecule has 1 N–H and O–H groups in total. The molecule has 13 heteroatoms. The highest BCUT2D eigenvalue weighted by Crippen LogP contribution is 2.30. The maximum absolute atomic E-state index is 12.7. The van der Waals surface area contributed by atoms with E-state index in [1.54, 1.807) is 0 Å². The Labute approximate surface area is 172 Å². The Morgan fingerprint density at radius 3 is 2.16 bits per heavy atom. The lowest BCUT2D eigenvalue weighted by Crippen LogP contribution is -2.59. The van der Waals surface area contributed by atoms with Crippen LogP contribution in [-0.4, -0.2) is 57.6 Å². The van der Waals surface area contributed by atoms with Crippen LogP contribution in [0.5, 0.6) is 11.6 Å². The largest absolute Gasteiger partial charge is 0.439 e. The number of urea groups is 1. The number of carbonyl (C=O) groups excluding carboxylic acids is 4. The van der Waals surface area contributed by atoms with Crippen LogP contribution < -0.4 is 10.1 Å². The second-order valence-electron chi connectivity index (χ2n) is 6.37. The van der Waals surface area contributed by atoms with E-state index in [9.17, 15) is 32.3 Å². The van der Waals surface area contributed by atoms with Crippen LogP contribution in [0.2, 0.25) is 0 Å². The monoisotopic (exact) mass is 437 g/mol. The predicted molar refractivity (Wildman–Crippen MR) is 96.6 cm³/mol. The number of anilines is 1. The molecule has 1 aliphatic heterocycles. The number of imide groups is 2. The summed E-state index contributed by atoms with van der Waals surface area (Å²) in [6.45, 7) is 0. The van der Waals surface area contributed by atoms with E-state index in [1.165, 1.54) is 24.3 Å². The molecular formula is C18H14F3N5O5. The van der Waals surface area contributed by atoms with Gasteiger partial charge in [0.15, 0.2) is 11.6 Å². The van der Waals surface area contributed by atoms with Gasteiger partial charge in [0.25, 0.3) is 11.8 Å². The van der Waals surface area contributed by atoms with Crippen molar-refractivity contribution in [3.8, 4) is 11.6 Å². The Bertz CT molecular complexity index is 1030. The summed E-state index contributed by atoms with van der Waals surface area (Å²) >= 11 is 0. The first-order valence-corrected chi connectivity index (χ1v) is 8.56. The number of alkyl halides is 3. The standard InChI is InChI=1S/C18H14F3N5O5/c1-25-15(28)13(16(29)26(2)17(25)30)14(27)24-9-3-5-10(6-4-9)31-12-7-11(18(19,20)21)22-8-23-12/h3-8,13H,1-2H3,(H,24,27). The summed E-state index contributed by atoms with van der Waals surface area (Å²) in [5.74, 6) is -4.83. The number of amides is 5. The SMILES string of the molecule is CN1C(=O)C(C(=O)Nc2ccc(Oc3cc(C(F)(F)F)ncn3)cc2)C(=O)N(C)C1=O. The van der Waals surface area contributed by atoms with Gasteiger partial charge in [0.05, 0.1) is 0 Å². The van der Waals surface area contributed by atoms with E-state index >= 15 is 0 Å². The molecule has 162 valence electrons. The Balaban J connectivity index is 1.70. The molecule has 3 rings (SSSR count). The van der Waals surface area contributed by atoms with E-state index in [0.717, 1.165) is 14.1 Å². The summed E-state index contributed by atoms with van der Waals surface area (Å²) in [5, 5.41) is 2.37. The molecule has 1 fully saturated rings. The van der Waals surface area contributed by atoms with Crippen LogP contribution in [0.4, 0.5) is 23.7 Å². The molecule has 1 aromatic carbocycles. The minimum atomic E-state index is -4.66. The average Bonchev–Trinajstić information content (AvgIpc) is 2.72. The number of aromatic nitrogens is 2. The van der Waals surface area contributed by atoms with Crippen molar-refractivity contribution in [2.24, 2.45) is 5.92 Å². The Morgan fingerprint density at radius 2 is 1.61 bits per heavy atom. The van der Waals surface area contributed by atoms with Gasteiger partial charge in [0.2, 0.25) is 11.8 Å². The van der Waals surface area contributed by atoms with Crippen LogP contribution in [0.25, 0.3) is 0 Å². The van der Waals surface area contributed by atoms with Crippen LogP contribution in [0.3, 0.4) is 0 Å². The fourth-order valence-corrected chi connectivity index (χ4v) is 2.62. The van der Waals surface area contributed by atoms with E-state index < -0.39 is 41.5 Å². The van der Waals surface area contributed by atoms with E-state index in [0.29, 0.717) is 22.2 Å². The van der Waals surface area contributed by atoms with Crippen LogP contribution in [0.15, 0.2) is 36.7 Å². The van der Waals surface area contributed by atoms with Gasteiger partial charge < -0.3 is 10.1 Å². The van der Waals surface area contributed by atoms with Crippen molar-refractivity contribution < 1.29 is 37.1 Å². The second-order valence-corrected chi connectivity index (χ2v) is 6.37. The summed E-state index contributed by atoms with van der Waals surface area (Å²) in [5.41, 5.74) is -0.990. The van der Waals surface area contributed by atoms with Gasteiger partial charge >= 0.3 is 12.2 Å². The maximum Gasteiger partial charge on any atom is 0.433 e. The second kappa shape index (κ2) is 8.01. The van der Waals surface area contributed by atoms with Crippen molar-refractivity contribution in [3.05, 3.63) is 42.4 Å². The topological polar surface area (TPSA) is 122 Å². The van der Waals surface area contributed by atoms with Gasteiger partial charge in [0.1, 0.15) is 12.1 Å². The number of barbiturate groups is 1. The van der Waals surface area contributed by atoms with Crippen LogP contribution in [0, 0.1) is 5.92 Å². The average molecular weight is 437 g/mol. The van der Waals surface area contributed by atoms with Gasteiger partial charge in [-0.1, -0.05) is 0 Å². The molecule has 10 nitrogen and oxygen atoms in total. The molecular weight excluding hydrogens is 423 g/mol. The van der Waals surface area contributed by atoms with Crippen molar-refractivity contribution in [1.82, 2.24) is 19.8 Å². The van der Waals surface area contributed by atoms with Crippen molar-refractivity contribution in [3.63, 3.8) is 0 Å². The molecule has 0 bridgehead atoms. The molecule has 1 aliphatic rings. The van der Waals surface area contributed by atoms with Crippen LogP contribution in [0.1, 0.15) is 5.69 Å². The van der Waals surface area contributed by atoms with Gasteiger partial charge in [-0.05, 0) is 24.3 Å². The summed E-state index contributed by atoms with van der Waals surface area (Å²) in [6.07, 6.45) is -3.94. The van der Waals surface area contributed by atoms with Gasteiger partial charge in [-0.3, -0.25) is 24.2 Å². The fraction of sp³-hybridized carbons (Fsp3) is 0.222. The smallest absolute Gasteiger partial charge is 0.433 e. The lowest BCUT2D eigenvalue weighted by molar-refractivity contribution is -0.151. The van der Waals surface area contributed by atoms with Crippen molar-refractivity contribution in [2.75, 3.05) is 19.4 Å². The van der Waals surface area contributed by atoms with Gasteiger partial charge in [-0.15, -0.1) is 0 Å². The molecule has 0 radical (unpaired) electrons. The number of nitrogens with one attached hydrogen (secondary N) is 1. The Kier molecular flexibility index (Phi) is 5.60. The van der Waals surface area contributed by atoms with Crippen molar-refractivity contribution >= 4 is 29.4 Å². The zero-order valence-corrected chi connectivity index (χ0v) is 16.0. The summed E-state index contributed by atoms with van der Waals surface area (Å²) in [6, 6.07) is 5.13. The molecule has 0 atom stereocenters. The highest BCUT2D eigenvalue weighted by Gasteiger charge is 2.46. The number of hydrogen-bond acceptors (Lipinski definition) is 7. The Morgan fingerprint density at radius 1 is 1.03 bits per heavy atom. The lowest BCUT2D eigenvalue weighted by Gasteiger charge is -2.32. The number of ether oxygens (including phenoxy) is 1. The molecule has 31 heavy (non-hydrogen) atoms. The van der Waals surface area contributed by atoms with E-state index in [4.69, 9.17) is 4.74 Å². The number of rotatable bonds is 4. The van der Waals surface area contributed by atoms with Crippen molar-refractivity contribution in [1.29, 1.82) is 0 Å². The van der Waals surface area contributed by atoms with Crippen LogP contribution in [-0.2, 0) is 20.6 Å². The molecule has 2 aromatic rings. The lowest BCUT2D eigenvalue weighted by atomic mass is 10.0. The maximum atomic E-state index is 12.7. The summed E-state index contributed by atoms with van der Waals surface area (Å²) in [4.78, 5) is 56.5. The summed E-state index contributed by atoms with van der Waals surface area (Å²) < 4.78 is 43.3. The number of halogens is 3. The normalized spacial score (nSPS) is 15.3. The predicted octanol–water partition coefficient (Wildman–Crippen LogP) is 1.89. The minimum absolute atomic E-state index is 0.111. The van der Waals surface area contributed by atoms with Gasteiger partial charge in [-0.25, -0.2) is 14.8 Å². The number of benzene rings is 1. The highest BCUT2D eigenvalue weighted by atomic mass is 19.4. The quantitative estimate of drug-likeness (QED) is 0.725. The molecule has 0 spiro atoms.